The van der Waals surface area contributed by atoms with Crippen molar-refractivity contribution in [3.63, 3.8) is 0 Å². The minimum Gasteiger partial charge on any atom is -0.396 e. The summed E-state index contributed by atoms with van der Waals surface area (Å²) in [5.41, 5.74) is 6.20. The van der Waals surface area contributed by atoms with Gasteiger partial charge in [0.05, 0.1) is 11.6 Å². The fraction of sp³-hybridized carbons (Fsp3) is 0.538. The second-order valence-electron chi connectivity index (χ2n) is 4.89. The van der Waals surface area contributed by atoms with E-state index < -0.39 is 5.82 Å². The number of aliphatic hydroxyl groups is 1. The maximum atomic E-state index is 13.4. The minimum atomic E-state index is -0.413. The van der Waals surface area contributed by atoms with Crippen LogP contribution in [0.25, 0.3) is 0 Å². The predicted molar refractivity (Wildman–Crippen MR) is 66.4 cm³/mol. The van der Waals surface area contributed by atoms with E-state index in [1.807, 2.05) is 0 Å². The second kappa shape index (κ2) is 4.92. The molecule has 1 saturated carbocycles. The van der Waals surface area contributed by atoms with Crippen molar-refractivity contribution in [3.05, 3.63) is 34.6 Å². The number of hydrogen-bond acceptors (Lipinski definition) is 2. The summed E-state index contributed by atoms with van der Waals surface area (Å²) in [6.07, 6.45) is 2.72. The fourth-order valence-electron chi connectivity index (χ4n) is 2.39. The van der Waals surface area contributed by atoms with Gasteiger partial charge in [-0.3, -0.25) is 0 Å². The SMILES string of the molecule is NCC(CO)(Cc1cccc(F)c1Cl)C1CC1. The van der Waals surface area contributed by atoms with E-state index in [1.165, 1.54) is 6.07 Å². The summed E-state index contributed by atoms with van der Waals surface area (Å²) in [6.45, 7) is 0.433. The quantitative estimate of drug-likeness (QED) is 0.851. The summed E-state index contributed by atoms with van der Waals surface area (Å²) >= 11 is 5.94. The highest BCUT2D eigenvalue weighted by molar-refractivity contribution is 6.31. The van der Waals surface area contributed by atoms with Gasteiger partial charge in [0, 0.05) is 12.0 Å². The number of hydrogen-bond donors (Lipinski definition) is 2. The monoisotopic (exact) mass is 257 g/mol. The topological polar surface area (TPSA) is 46.2 Å². The predicted octanol–water partition coefficient (Wildman–Crippen LogP) is 2.37. The Labute approximate surface area is 106 Å². The first-order valence-corrected chi connectivity index (χ1v) is 6.24. The zero-order chi connectivity index (χ0) is 12.5. The summed E-state index contributed by atoms with van der Waals surface area (Å²) in [5.74, 6) is 0.0284. The largest absolute Gasteiger partial charge is 0.396 e. The Morgan fingerprint density at radius 1 is 1.47 bits per heavy atom. The third-order valence-corrected chi connectivity index (χ3v) is 4.16. The Bertz CT molecular complexity index is 402. The van der Waals surface area contributed by atoms with Gasteiger partial charge in [0.15, 0.2) is 0 Å². The van der Waals surface area contributed by atoms with Crippen LogP contribution in [0.15, 0.2) is 18.2 Å². The van der Waals surface area contributed by atoms with Gasteiger partial charge in [-0.15, -0.1) is 0 Å². The summed E-state index contributed by atoms with van der Waals surface area (Å²) < 4.78 is 13.4. The van der Waals surface area contributed by atoms with Crippen LogP contribution in [0.5, 0.6) is 0 Å². The molecule has 3 N–H and O–H groups in total. The molecule has 1 fully saturated rings. The van der Waals surface area contributed by atoms with Crippen molar-refractivity contribution in [2.45, 2.75) is 19.3 Å². The number of nitrogens with two attached hydrogens (primary N) is 1. The van der Waals surface area contributed by atoms with E-state index in [9.17, 15) is 9.50 Å². The van der Waals surface area contributed by atoms with Crippen molar-refractivity contribution < 1.29 is 9.50 Å². The molecule has 2 rings (SSSR count). The molecule has 0 aromatic heterocycles. The van der Waals surface area contributed by atoms with Crippen molar-refractivity contribution in [1.82, 2.24) is 0 Å². The van der Waals surface area contributed by atoms with Crippen LogP contribution >= 0.6 is 11.6 Å². The molecule has 0 saturated heterocycles. The number of benzene rings is 1. The fourth-order valence-corrected chi connectivity index (χ4v) is 2.59. The normalized spacial score (nSPS) is 19.1. The summed E-state index contributed by atoms with van der Waals surface area (Å²) in [5, 5.41) is 9.74. The Morgan fingerprint density at radius 2 is 2.18 bits per heavy atom. The highest BCUT2D eigenvalue weighted by Gasteiger charge is 2.44. The van der Waals surface area contributed by atoms with Gasteiger partial charge >= 0.3 is 0 Å². The maximum Gasteiger partial charge on any atom is 0.142 e. The number of halogens is 2. The molecule has 0 bridgehead atoms. The zero-order valence-electron chi connectivity index (χ0n) is 9.63. The maximum absolute atomic E-state index is 13.4. The smallest absolute Gasteiger partial charge is 0.142 e. The lowest BCUT2D eigenvalue weighted by Gasteiger charge is -2.31. The molecule has 1 aliphatic carbocycles. The van der Waals surface area contributed by atoms with Crippen LogP contribution in [0.2, 0.25) is 5.02 Å². The van der Waals surface area contributed by atoms with E-state index in [0.717, 1.165) is 18.4 Å². The third kappa shape index (κ3) is 2.46. The lowest BCUT2D eigenvalue weighted by atomic mass is 9.78. The average Bonchev–Trinajstić information content (AvgIpc) is 3.16. The summed E-state index contributed by atoms with van der Waals surface area (Å²) in [4.78, 5) is 0. The summed E-state index contributed by atoms with van der Waals surface area (Å²) in [6, 6.07) is 4.78. The first kappa shape index (κ1) is 12.8. The van der Waals surface area contributed by atoms with Gasteiger partial charge in [0.2, 0.25) is 0 Å². The van der Waals surface area contributed by atoms with Gasteiger partial charge in [0.1, 0.15) is 5.82 Å². The van der Waals surface area contributed by atoms with E-state index in [4.69, 9.17) is 17.3 Å². The Kier molecular flexibility index (Phi) is 3.71. The van der Waals surface area contributed by atoms with Crippen molar-refractivity contribution in [1.29, 1.82) is 0 Å². The molecule has 17 heavy (non-hydrogen) atoms. The Morgan fingerprint density at radius 3 is 2.71 bits per heavy atom. The average molecular weight is 258 g/mol. The van der Waals surface area contributed by atoms with E-state index in [1.54, 1.807) is 12.1 Å². The first-order chi connectivity index (χ1) is 8.13. The van der Waals surface area contributed by atoms with Gasteiger partial charge in [-0.1, -0.05) is 23.7 Å². The lowest BCUT2D eigenvalue weighted by molar-refractivity contribution is 0.109. The van der Waals surface area contributed by atoms with Gasteiger partial charge in [-0.25, -0.2) is 4.39 Å². The van der Waals surface area contributed by atoms with E-state index >= 15 is 0 Å². The Hall–Kier alpha value is -0.640. The highest BCUT2D eigenvalue weighted by Crippen LogP contribution is 2.47. The van der Waals surface area contributed by atoms with E-state index in [-0.39, 0.29) is 17.0 Å². The van der Waals surface area contributed by atoms with Gasteiger partial charge in [-0.05, 0) is 36.8 Å². The van der Waals surface area contributed by atoms with Crippen LogP contribution in [0.1, 0.15) is 18.4 Å². The molecule has 0 spiro atoms. The molecule has 1 aliphatic rings. The molecule has 1 unspecified atom stereocenters. The van der Waals surface area contributed by atoms with Crippen LogP contribution in [-0.4, -0.2) is 18.3 Å². The van der Waals surface area contributed by atoms with Crippen LogP contribution < -0.4 is 5.73 Å². The molecule has 94 valence electrons. The molecule has 0 amide bonds. The molecular weight excluding hydrogens is 241 g/mol. The molecule has 4 heteroatoms. The molecule has 0 radical (unpaired) electrons. The number of aliphatic hydroxyl groups excluding tert-OH is 1. The van der Waals surface area contributed by atoms with Crippen molar-refractivity contribution in [2.75, 3.05) is 13.2 Å². The van der Waals surface area contributed by atoms with Gasteiger partial charge in [0.25, 0.3) is 0 Å². The third-order valence-electron chi connectivity index (χ3n) is 3.74. The minimum absolute atomic E-state index is 0.0288. The standard InChI is InChI=1S/C13H17ClFNO/c14-12-9(2-1-3-11(12)15)6-13(7-16,8-17)10-4-5-10/h1-3,10,17H,4-8,16H2. The molecule has 1 atom stereocenters. The summed E-state index contributed by atoms with van der Waals surface area (Å²) in [7, 11) is 0. The van der Waals surface area contributed by atoms with E-state index in [2.05, 4.69) is 0 Å². The highest BCUT2D eigenvalue weighted by atomic mass is 35.5. The van der Waals surface area contributed by atoms with E-state index in [0.29, 0.717) is 18.9 Å². The molecule has 0 aliphatic heterocycles. The van der Waals surface area contributed by atoms with Crippen LogP contribution in [0, 0.1) is 17.2 Å². The molecule has 0 heterocycles. The van der Waals surface area contributed by atoms with Crippen molar-refractivity contribution in [2.24, 2.45) is 17.1 Å². The molecule has 1 aromatic rings. The van der Waals surface area contributed by atoms with Crippen molar-refractivity contribution >= 4 is 11.6 Å². The first-order valence-electron chi connectivity index (χ1n) is 5.87. The molecule has 2 nitrogen and oxygen atoms in total. The van der Waals surface area contributed by atoms with Crippen LogP contribution in [-0.2, 0) is 6.42 Å². The Balaban J connectivity index is 2.25. The number of rotatable bonds is 5. The van der Waals surface area contributed by atoms with Gasteiger partial charge in [-0.2, -0.15) is 0 Å². The molecule has 1 aromatic carbocycles. The van der Waals surface area contributed by atoms with Crippen LogP contribution in [0.3, 0.4) is 0 Å². The molecular formula is C13H17ClFNO. The van der Waals surface area contributed by atoms with Gasteiger partial charge < -0.3 is 10.8 Å². The second-order valence-corrected chi connectivity index (χ2v) is 5.27. The lowest BCUT2D eigenvalue weighted by Crippen LogP contribution is -2.38. The zero-order valence-corrected chi connectivity index (χ0v) is 10.4. The van der Waals surface area contributed by atoms with Crippen molar-refractivity contribution in [3.8, 4) is 0 Å². The van der Waals surface area contributed by atoms with Crippen LogP contribution in [0.4, 0.5) is 4.39 Å².